The zero-order valence-corrected chi connectivity index (χ0v) is 14.7. The smallest absolute Gasteiger partial charge is 0.399 e. The van der Waals surface area contributed by atoms with Gasteiger partial charge in [0, 0.05) is 11.4 Å². The summed E-state index contributed by atoms with van der Waals surface area (Å²) in [6, 6.07) is -0.829. The molecule has 4 N–H and O–H groups in total. The highest BCUT2D eigenvalue weighted by Crippen LogP contribution is 2.57. The molecule has 2 nitrogen and oxygen atoms in total. The first-order chi connectivity index (χ1) is 13.7. The highest BCUT2D eigenvalue weighted by atomic mass is 19.4. The summed E-state index contributed by atoms with van der Waals surface area (Å²) < 4.78 is 162. The number of nitrogen functional groups attached to an aromatic ring is 2. The van der Waals surface area contributed by atoms with Crippen molar-refractivity contribution in [2.45, 2.75) is 30.1 Å². The minimum Gasteiger partial charge on any atom is -0.399 e. The molecule has 0 aliphatic heterocycles. The molecule has 2 aromatic rings. The molecule has 0 fully saturated rings. The standard InChI is InChI=1S/C17H10F12N2/c18-14(19,20)9-1-7(3-11(30)5-9)13(16(24,25)26,17(27,28)29)8-2-10(15(21,22)23)6-12(31)4-8/h1-6H,30-31H2. The fourth-order valence-electron chi connectivity index (χ4n) is 3.05. The van der Waals surface area contributed by atoms with Crippen molar-refractivity contribution in [2.24, 2.45) is 0 Å². The van der Waals surface area contributed by atoms with Gasteiger partial charge in [0.1, 0.15) is 0 Å². The molecule has 2 aromatic carbocycles. The van der Waals surface area contributed by atoms with E-state index >= 15 is 0 Å². The van der Waals surface area contributed by atoms with Gasteiger partial charge < -0.3 is 11.5 Å². The second-order valence-electron chi connectivity index (χ2n) is 6.43. The predicted octanol–water partition coefficient (Wildman–Crippen LogP) is 6.30. The average Bonchev–Trinajstić information content (AvgIpc) is 2.49. The zero-order chi connectivity index (χ0) is 24.2. The zero-order valence-electron chi connectivity index (χ0n) is 14.7. The van der Waals surface area contributed by atoms with Gasteiger partial charge in [0.15, 0.2) is 0 Å². The lowest BCUT2D eigenvalue weighted by atomic mass is 9.71. The van der Waals surface area contributed by atoms with Crippen molar-refractivity contribution in [1.82, 2.24) is 0 Å². The lowest BCUT2D eigenvalue weighted by molar-refractivity contribution is -0.288. The number of rotatable bonds is 2. The third-order valence-corrected chi connectivity index (χ3v) is 4.28. The van der Waals surface area contributed by atoms with Crippen LogP contribution in [0.15, 0.2) is 36.4 Å². The van der Waals surface area contributed by atoms with Crippen LogP contribution >= 0.6 is 0 Å². The van der Waals surface area contributed by atoms with Crippen LogP contribution < -0.4 is 11.5 Å². The maximum Gasteiger partial charge on any atom is 0.416 e. The summed E-state index contributed by atoms with van der Waals surface area (Å²) in [6.07, 6.45) is -23.7. The Labute approximate surface area is 165 Å². The largest absolute Gasteiger partial charge is 0.416 e. The Bertz CT molecular complexity index is 888. The van der Waals surface area contributed by atoms with Crippen LogP contribution in [-0.2, 0) is 17.8 Å². The minimum atomic E-state index is -6.45. The first kappa shape index (κ1) is 24.5. The maximum atomic E-state index is 14.0. The van der Waals surface area contributed by atoms with E-state index in [1.165, 1.54) is 0 Å². The molecule has 0 aliphatic rings. The molecule has 0 saturated carbocycles. The lowest BCUT2D eigenvalue weighted by Gasteiger charge is -2.39. The normalized spacial score (nSPS) is 14.1. The lowest BCUT2D eigenvalue weighted by Crippen LogP contribution is -2.55. The van der Waals surface area contributed by atoms with E-state index in [4.69, 9.17) is 11.5 Å². The Balaban J connectivity index is 3.09. The van der Waals surface area contributed by atoms with E-state index in [9.17, 15) is 52.7 Å². The average molecular weight is 470 g/mol. The molecule has 0 bridgehead atoms. The van der Waals surface area contributed by atoms with Gasteiger partial charge in [-0.3, -0.25) is 0 Å². The molecule has 0 aliphatic carbocycles. The van der Waals surface area contributed by atoms with E-state index in [0.717, 1.165) is 0 Å². The van der Waals surface area contributed by atoms with Gasteiger partial charge in [-0.15, -0.1) is 0 Å². The van der Waals surface area contributed by atoms with Gasteiger partial charge >= 0.3 is 24.7 Å². The van der Waals surface area contributed by atoms with Crippen LogP contribution in [0.3, 0.4) is 0 Å². The third-order valence-electron chi connectivity index (χ3n) is 4.28. The molecular weight excluding hydrogens is 460 g/mol. The monoisotopic (exact) mass is 470 g/mol. The van der Waals surface area contributed by atoms with E-state index in [1.807, 2.05) is 0 Å². The van der Waals surface area contributed by atoms with Crippen LogP contribution in [0.2, 0.25) is 0 Å². The van der Waals surface area contributed by atoms with Crippen LogP contribution in [0.1, 0.15) is 22.3 Å². The number of halogens is 12. The van der Waals surface area contributed by atoms with Gasteiger partial charge in [-0.2, -0.15) is 52.7 Å². The Hall–Kier alpha value is -2.80. The number of nitrogens with two attached hydrogens (primary N) is 2. The van der Waals surface area contributed by atoms with Gasteiger partial charge in [0.2, 0.25) is 5.41 Å². The van der Waals surface area contributed by atoms with Crippen LogP contribution in [0.4, 0.5) is 64.1 Å². The van der Waals surface area contributed by atoms with E-state index < -0.39 is 75.9 Å². The summed E-state index contributed by atoms with van der Waals surface area (Å²) >= 11 is 0. The van der Waals surface area contributed by atoms with E-state index in [1.54, 1.807) is 0 Å². The van der Waals surface area contributed by atoms with Crippen molar-refractivity contribution < 1.29 is 52.7 Å². The molecule has 0 heterocycles. The van der Waals surface area contributed by atoms with Crippen molar-refractivity contribution in [3.05, 3.63) is 58.7 Å². The molecule has 0 saturated heterocycles. The number of hydrogen-bond acceptors (Lipinski definition) is 2. The molecule has 172 valence electrons. The number of benzene rings is 2. The highest BCUT2D eigenvalue weighted by Gasteiger charge is 2.73. The van der Waals surface area contributed by atoms with Crippen molar-refractivity contribution >= 4 is 11.4 Å². The number of alkyl halides is 12. The van der Waals surface area contributed by atoms with E-state index in [-0.39, 0.29) is 24.3 Å². The van der Waals surface area contributed by atoms with E-state index in [2.05, 4.69) is 0 Å². The third kappa shape index (κ3) is 4.32. The quantitative estimate of drug-likeness (QED) is 0.400. The van der Waals surface area contributed by atoms with Crippen LogP contribution in [0.25, 0.3) is 0 Å². The first-order valence-electron chi connectivity index (χ1n) is 7.81. The number of hydrogen-bond donors (Lipinski definition) is 2. The Kier molecular flexibility index (Phi) is 5.62. The number of anilines is 2. The van der Waals surface area contributed by atoms with Crippen molar-refractivity contribution in [2.75, 3.05) is 11.5 Å². The molecule has 0 unspecified atom stereocenters. The Morgan fingerprint density at radius 3 is 0.903 bits per heavy atom. The fraction of sp³-hybridized carbons (Fsp3) is 0.294. The van der Waals surface area contributed by atoms with Gasteiger partial charge in [-0.1, -0.05) is 0 Å². The predicted molar refractivity (Wildman–Crippen MR) is 84.6 cm³/mol. The maximum absolute atomic E-state index is 14.0. The summed E-state index contributed by atoms with van der Waals surface area (Å²) in [4.78, 5) is 0. The molecule has 0 radical (unpaired) electrons. The van der Waals surface area contributed by atoms with Gasteiger partial charge in [-0.25, -0.2) is 0 Å². The molecule has 0 amide bonds. The second kappa shape index (κ2) is 7.12. The molecule has 14 heteroatoms. The van der Waals surface area contributed by atoms with Crippen LogP contribution in [0.5, 0.6) is 0 Å². The van der Waals surface area contributed by atoms with E-state index in [0.29, 0.717) is 0 Å². The minimum absolute atomic E-state index is 0.0350. The Morgan fingerprint density at radius 1 is 0.419 bits per heavy atom. The molecule has 0 spiro atoms. The summed E-state index contributed by atoms with van der Waals surface area (Å²) in [7, 11) is 0. The molecule has 0 aromatic heterocycles. The van der Waals surface area contributed by atoms with Gasteiger partial charge in [0.25, 0.3) is 0 Å². The second-order valence-corrected chi connectivity index (χ2v) is 6.43. The topological polar surface area (TPSA) is 52.0 Å². The highest BCUT2D eigenvalue weighted by molar-refractivity contribution is 5.57. The van der Waals surface area contributed by atoms with Crippen molar-refractivity contribution in [3.63, 3.8) is 0 Å². The molecule has 31 heavy (non-hydrogen) atoms. The summed E-state index contributed by atoms with van der Waals surface area (Å²) in [6.45, 7) is 0. The van der Waals surface area contributed by atoms with Crippen molar-refractivity contribution in [3.8, 4) is 0 Å². The first-order valence-corrected chi connectivity index (χ1v) is 7.81. The van der Waals surface area contributed by atoms with Crippen molar-refractivity contribution in [1.29, 1.82) is 0 Å². The SMILES string of the molecule is Nc1cc(C(F)(F)F)cc(C(c2cc(N)cc(C(F)(F)F)c2)(C(F)(F)F)C(F)(F)F)c1. The molecule has 2 rings (SSSR count). The molecule has 0 atom stereocenters. The summed E-state index contributed by atoms with van der Waals surface area (Å²) in [5.74, 6) is 0. The van der Waals surface area contributed by atoms with Crippen LogP contribution in [0, 0.1) is 0 Å². The molecular formula is C17H10F12N2. The summed E-state index contributed by atoms with van der Waals surface area (Å²) in [5.41, 5.74) is -5.39. The van der Waals surface area contributed by atoms with Gasteiger partial charge in [0.05, 0.1) is 11.1 Å². The summed E-state index contributed by atoms with van der Waals surface area (Å²) in [5, 5.41) is 0. The Morgan fingerprint density at radius 2 is 0.677 bits per heavy atom. The van der Waals surface area contributed by atoms with Crippen LogP contribution in [-0.4, -0.2) is 12.4 Å². The fourth-order valence-corrected chi connectivity index (χ4v) is 3.05. The van der Waals surface area contributed by atoms with Gasteiger partial charge in [-0.05, 0) is 47.5 Å².